The molecule has 0 amide bonds. The van der Waals surface area contributed by atoms with Crippen LogP contribution in [-0.2, 0) is 16.0 Å². The van der Waals surface area contributed by atoms with Crippen molar-refractivity contribution in [2.75, 3.05) is 39.5 Å². The first kappa shape index (κ1) is 21.0. The van der Waals surface area contributed by atoms with Gasteiger partial charge >= 0.3 is 0 Å². The van der Waals surface area contributed by atoms with E-state index < -0.39 is 0 Å². The van der Waals surface area contributed by atoms with E-state index in [1.54, 1.807) is 4.68 Å². The van der Waals surface area contributed by atoms with Gasteiger partial charge in [0.05, 0.1) is 32.5 Å². The predicted molar refractivity (Wildman–Crippen MR) is 117 cm³/mol. The summed E-state index contributed by atoms with van der Waals surface area (Å²) in [4.78, 5) is 18.5. The number of hydrogen-bond acceptors (Lipinski definition) is 8. The Morgan fingerprint density at radius 1 is 1.25 bits per heavy atom. The molecule has 2 aliphatic heterocycles. The number of aromatic amines is 1. The Kier molecular flexibility index (Phi) is 6.15. The van der Waals surface area contributed by atoms with E-state index in [2.05, 4.69) is 25.4 Å². The molecule has 0 aliphatic carbocycles. The first-order chi connectivity index (χ1) is 15.7. The topological polar surface area (TPSA) is 107 Å². The molecule has 5 rings (SSSR count). The number of tetrazole rings is 1. The van der Waals surface area contributed by atoms with Gasteiger partial charge in [-0.15, -0.1) is 5.10 Å². The van der Waals surface area contributed by atoms with Gasteiger partial charge in [-0.1, -0.05) is 0 Å². The van der Waals surface area contributed by atoms with Crippen LogP contribution in [0.5, 0.6) is 5.75 Å². The summed E-state index contributed by atoms with van der Waals surface area (Å²) in [6, 6.07) is 7.23. The maximum atomic E-state index is 13.2. The Bertz CT molecular complexity index is 1120. The molecule has 1 aromatic carbocycles. The molecule has 2 atom stereocenters. The number of rotatable bonds is 7. The minimum Gasteiger partial charge on any atom is -0.494 e. The van der Waals surface area contributed by atoms with E-state index in [4.69, 9.17) is 14.2 Å². The quantitative estimate of drug-likeness (QED) is 0.589. The minimum atomic E-state index is -0.390. The second-order valence-electron chi connectivity index (χ2n) is 8.14. The Morgan fingerprint density at radius 3 is 2.91 bits per heavy atom. The molecule has 2 aromatic heterocycles. The average Bonchev–Trinajstić information content (AvgIpc) is 3.49. The van der Waals surface area contributed by atoms with Crippen LogP contribution >= 0.6 is 0 Å². The van der Waals surface area contributed by atoms with Crippen LogP contribution < -0.4 is 10.3 Å². The second kappa shape index (κ2) is 9.35. The fourth-order valence-corrected chi connectivity index (χ4v) is 4.51. The standard InChI is InChI=1S/C22H28N6O4/c1-2-31-16-5-6-19-15(12-16)13-18(22(29)23-19)20(27-7-10-30-11-8-27)21-24-25-26-28(21)14-17-4-3-9-32-17/h5-6,12-13,17,20H,2-4,7-11,14H2,1H3,(H,23,29)/t17-,20-/m1/s1. The van der Waals surface area contributed by atoms with E-state index in [1.165, 1.54) is 0 Å². The molecular formula is C22H28N6O4. The monoisotopic (exact) mass is 440 g/mol. The van der Waals surface area contributed by atoms with E-state index in [-0.39, 0.29) is 17.7 Å². The summed E-state index contributed by atoms with van der Waals surface area (Å²) in [5.41, 5.74) is 1.23. The van der Waals surface area contributed by atoms with E-state index >= 15 is 0 Å². The Labute approximate surface area is 185 Å². The smallest absolute Gasteiger partial charge is 0.253 e. The van der Waals surface area contributed by atoms with Crippen LogP contribution in [0.4, 0.5) is 0 Å². The summed E-state index contributed by atoms with van der Waals surface area (Å²) >= 11 is 0. The first-order valence-electron chi connectivity index (χ1n) is 11.2. The van der Waals surface area contributed by atoms with Gasteiger partial charge in [0.25, 0.3) is 5.56 Å². The largest absolute Gasteiger partial charge is 0.494 e. The van der Waals surface area contributed by atoms with Gasteiger partial charge in [-0.2, -0.15) is 0 Å². The van der Waals surface area contributed by atoms with E-state index in [9.17, 15) is 4.79 Å². The van der Waals surface area contributed by atoms with Crippen LogP contribution in [0.1, 0.15) is 37.2 Å². The highest BCUT2D eigenvalue weighted by molar-refractivity contribution is 5.80. The third-order valence-corrected chi connectivity index (χ3v) is 6.07. The van der Waals surface area contributed by atoms with Crippen molar-refractivity contribution in [2.45, 2.75) is 38.5 Å². The number of H-pyrrole nitrogens is 1. The third kappa shape index (κ3) is 4.25. The van der Waals surface area contributed by atoms with Crippen molar-refractivity contribution in [3.8, 4) is 5.75 Å². The molecule has 10 nitrogen and oxygen atoms in total. The molecule has 2 fully saturated rings. The fraction of sp³-hybridized carbons (Fsp3) is 0.545. The normalized spacial score (nSPS) is 20.6. The molecule has 0 bridgehead atoms. The van der Waals surface area contributed by atoms with Crippen molar-refractivity contribution in [1.82, 2.24) is 30.1 Å². The Hall–Kier alpha value is -2.82. The number of ether oxygens (including phenoxy) is 3. The maximum absolute atomic E-state index is 13.2. The number of aromatic nitrogens is 5. The zero-order valence-electron chi connectivity index (χ0n) is 18.2. The van der Waals surface area contributed by atoms with Crippen LogP contribution in [0.25, 0.3) is 10.9 Å². The lowest BCUT2D eigenvalue weighted by Crippen LogP contribution is -2.42. The van der Waals surface area contributed by atoms with Gasteiger partial charge in [-0.05, 0) is 54.5 Å². The van der Waals surface area contributed by atoms with Crippen molar-refractivity contribution in [3.05, 3.63) is 46.0 Å². The van der Waals surface area contributed by atoms with Crippen LogP contribution in [0.3, 0.4) is 0 Å². The lowest BCUT2D eigenvalue weighted by atomic mass is 10.0. The summed E-state index contributed by atoms with van der Waals surface area (Å²) in [5.74, 6) is 1.41. The summed E-state index contributed by atoms with van der Waals surface area (Å²) in [6.45, 7) is 6.45. The minimum absolute atomic E-state index is 0.0891. The van der Waals surface area contributed by atoms with Gasteiger partial charge in [0.2, 0.25) is 0 Å². The van der Waals surface area contributed by atoms with Crippen LogP contribution in [-0.4, -0.2) is 75.7 Å². The number of pyridine rings is 1. The number of fused-ring (bicyclic) bond motifs is 1. The molecule has 0 unspecified atom stereocenters. The SMILES string of the molecule is CCOc1ccc2[nH]c(=O)c([C@H](c3nnnn3C[C@H]3CCCO3)N3CCOCC3)cc2c1. The van der Waals surface area contributed by atoms with E-state index in [0.717, 1.165) is 36.1 Å². The van der Waals surface area contributed by atoms with E-state index in [0.29, 0.717) is 50.8 Å². The van der Waals surface area contributed by atoms with Crippen molar-refractivity contribution in [3.63, 3.8) is 0 Å². The highest BCUT2D eigenvalue weighted by Crippen LogP contribution is 2.29. The molecular weight excluding hydrogens is 412 g/mol. The molecule has 2 saturated heterocycles. The number of benzene rings is 1. The molecule has 3 aromatic rings. The van der Waals surface area contributed by atoms with Gasteiger partial charge < -0.3 is 19.2 Å². The van der Waals surface area contributed by atoms with Gasteiger partial charge in [-0.25, -0.2) is 4.68 Å². The van der Waals surface area contributed by atoms with Crippen molar-refractivity contribution >= 4 is 10.9 Å². The van der Waals surface area contributed by atoms with Gasteiger partial charge in [0.1, 0.15) is 11.8 Å². The number of nitrogens with one attached hydrogen (secondary N) is 1. The second-order valence-corrected chi connectivity index (χ2v) is 8.14. The summed E-state index contributed by atoms with van der Waals surface area (Å²) in [5, 5.41) is 13.5. The highest BCUT2D eigenvalue weighted by atomic mass is 16.5. The summed E-state index contributed by atoms with van der Waals surface area (Å²) in [6.07, 6.45) is 2.12. The molecule has 10 heteroatoms. The van der Waals surface area contributed by atoms with Gasteiger partial charge in [0.15, 0.2) is 5.82 Å². The molecule has 0 radical (unpaired) electrons. The third-order valence-electron chi connectivity index (χ3n) is 6.07. The van der Waals surface area contributed by atoms with Crippen LogP contribution in [0.2, 0.25) is 0 Å². The van der Waals surface area contributed by atoms with Gasteiger partial charge in [-0.3, -0.25) is 9.69 Å². The molecule has 1 N–H and O–H groups in total. The number of hydrogen-bond donors (Lipinski definition) is 1. The lowest BCUT2D eigenvalue weighted by molar-refractivity contribution is 0.0205. The molecule has 0 spiro atoms. The predicted octanol–water partition coefficient (Wildman–Crippen LogP) is 1.51. The van der Waals surface area contributed by atoms with Crippen LogP contribution in [0, 0.1) is 0 Å². The number of nitrogens with zero attached hydrogens (tertiary/aromatic N) is 5. The zero-order chi connectivity index (χ0) is 21.9. The molecule has 0 saturated carbocycles. The zero-order valence-corrected chi connectivity index (χ0v) is 18.2. The lowest BCUT2D eigenvalue weighted by Gasteiger charge is -2.33. The summed E-state index contributed by atoms with van der Waals surface area (Å²) < 4.78 is 18.8. The first-order valence-corrected chi connectivity index (χ1v) is 11.2. The number of morpholine rings is 1. The average molecular weight is 441 g/mol. The molecule has 4 heterocycles. The van der Waals surface area contributed by atoms with Crippen molar-refractivity contribution in [2.24, 2.45) is 0 Å². The van der Waals surface area contributed by atoms with Crippen LogP contribution in [0.15, 0.2) is 29.1 Å². The molecule has 170 valence electrons. The Morgan fingerprint density at radius 2 is 2.12 bits per heavy atom. The van der Waals surface area contributed by atoms with Gasteiger partial charge in [0, 0.05) is 36.2 Å². The van der Waals surface area contributed by atoms with Crippen molar-refractivity contribution in [1.29, 1.82) is 0 Å². The maximum Gasteiger partial charge on any atom is 0.253 e. The summed E-state index contributed by atoms with van der Waals surface area (Å²) in [7, 11) is 0. The Balaban J connectivity index is 1.58. The highest BCUT2D eigenvalue weighted by Gasteiger charge is 2.32. The fourth-order valence-electron chi connectivity index (χ4n) is 4.51. The molecule has 32 heavy (non-hydrogen) atoms. The van der Waals surface area contributed by atoms with Crippen molar-refractivity contribution < 1.29 is 14.2 Å². The van der Waals surface area contributed by atoms with E-state index in [1.807, 2.05) is 31.2 Å². The molecule has 2 aliphatic rings.